The lowest BCUT2D eigenvalue weighted by Gasteiger charge is -2.14. The Morgan fingerprint density at radius 3 is 2.15 bits per heavy atom. The fourth-order valence-electron chi connectivity index (χ4n) is 1.99. The Kier molecular flexibility index (Phi) is 4.20. The van der Waals surface area contributed by atoms with Crippen molar-refractivity contribution in [3.05, 3.63) is 57.6 Å². The minimum atomic E-state index is -3.60. The van der Waals surface area contributed by atoms with E-state index in [1.807, 2.05) is 39.0 Å². The molecule has 20 heavy (non-hydrogen) atoms. The lowest BCUT2D eigenvalue weighted by molar-refractivity contribution is 0.600. The number of halogens is 1. The Morgan fingerprint density at radius 1 is 1.00 bits per heavy atom. The molecule has 0 bridgehead atoms. The third kappa shape index (κ3) is 3.04. The molecule has 0 aromatic heterocycles. The fourth-order valence-corrected chi connectivity index (χ4v) is 4.38. The molecule has 0 saturated carbocycles. The number of sulfonamides is 1. The van der Waals surface area contributed by atoms with Crippen LogP contribution in [-0.2, 0) is 10.0 Å². The van der Waals surface area contributed by atoms with Crippen LogP contribution in [0.4, 0.5) is 5.69 Å². The highest BCUT2D eigenvalue weighted by atomic mass is 79.9. The van der Waals surface area contributed by atoms with Crippen LogP contribution in [0.15, 0.2) is 45.8 Å². The van der Waals surface area contributed by atoms with Gasteiger partial charge >= 0.3 is 0 Å². The van der Waals surface area contributed by atoms with E-state index in [-0.39, 0.29) is 4.90 Å². The molecule has 0 fully saturated rings. The van der Waals surface area contributed by atoms with Crippen LogP contribution in [0.5, 0.6) is 0 Å². The summed E-state index contributed by atoms with van der Waals surface area (Å²) in [6, 6.07) is 10.9. The summed E-state index contributed by atoms with van der Waals surface area (Å²) >= 11 is 3.31. The van der Waals surface area contributed by atoms with Crippen LogP contribution in [0.25, 0.3) is 0 Å². The molecule has 0 atom stereocenters. The van der Waals surface area contributed by atoms with E-state index in [0.717, 1.165) is 16.7 Å². The van der Waals surface area contributed by atoms with E-state index >= 15 is 0 Å². The van der Waals surface area contributed by atoms with Gasteiger partial charge in [0, 0.05) is 4.47 Å². The first-order valence-electron chi connectivity index (χ1n) is 6.16. The molecule has 0 amide bonds. The van der Waals surface area contributed by atoms with E-state index in [1.54, 1.807) is 18.2 Å². The van der Waals surface area contributed by atoms with E-state index in [1.165, 1.54) is 0 Å². The number of hydrogen-bond donors (Lipinski definition) is 1. The summed E-state index contributed by atoms with van der Waals surface area (Å²) in [4.78, 5) is 0.241. The van der Waals surface area contributed by atoms with Crippen LogP contribution in [0.3, 0.4) is 0 Å². The SMILES string of the molecule is Cc1ccc(S(=O)(=O)Nc2c(C)cccc2C)c(Br)c1. The molecule has 0 spiro atoms. The van der Waals surface area contributed by atoms with Gasteiger partial charge in [0.1, 0.15) is 4.90 Å². The highest BCUT2D eigenvalue weighted by Crippen LogP contribution is 2.27. The van der Waals surface area contributed by atoms with Gasteiger partial charge in [0.2, 0.25) is 0 Å². The second-order valence-corrected chi connectivity index (χ2v) is 7.31. The number of hydrogen-bond acceptors (Lipinski definition) is 2. The molecule has 3 nitrogen and oxygen atoms in total. The van der Waals surface area contributed by atoms with E-state index in [4.69, 9.17) is 0 Å². The Bertz CT molecular complexity index is 734. The lowest BCUT2D eigenvalue weighted by atomic mass is 10.1. The standard InChI is InChI=1S/C15H16BrNO2S/c1-10-7-8-14(13(16)9-10)20(18,19)17-15-11(2)5-4-6-12(15)3/h4-9,17H,1-3H3. The summed E-state index contributed by atoms with van der Waals surface area (Å²) in [6.07, 6.45) is 0. The van der Waals surface area contributed by atoms with Gasteiger partial charge < -0.3 is 0 Å². The van der Waals surface area contributed by atoms with Gasteiger partial charge in [0.05, 0.1) is 5.69 Å². The Hall–Kier alpha value is -1.33. The highest BCUT2D eigenvalue weighted by molar-refractivity contribution is 9.10. The normalized spacial score (nSPS) is 11.4. The number of para-hydroxylation sites is 1. The average molecular weight is 354 g/mol. The van der Waals surface area contributed by atoms with Gasteiger partial charge in [-0.3, -0.25) is 4.72 Å². The third-order valence-electron chi connectivity index (χ3n) is 3.09. The van der Waals surface area contributed by atoms with Gasteiger partial charge in [-0.2, -0.15) is 0 Å². The van der Waals surface area contributed by atoms with E-state index in [0.29, 0.717) is 10.2 Å². The number of anilines is 1. The predicted molar refractivity (Wildman–Crippen MR) is 85.6 cm³/mol. The summed E-state index contributed by atoms with van der Waals surface area (Å²) in [6.45, 7) is 5.68. The summed E-state index contributed by atoms with van der Waals surface area (Å²) in [5, 5.41) is 0. The minimum absolute atomic E-state index is 0.241. The predicted octanol–water partition coefficient (Wildman–Crippen LogP) is 4.18. The van der Waals surface area contributed by atoms with Crippen molar-refractivity contribution in [2.45, 2.75) is 25.7 Å². The zero-order valence-corrected chi connectivity index (χ0v) is 14.0. The molecule has 0 unspecified atom stereocenters. The van der Waals surface area contributed by atoms with E-state index in [9.17, 15) is 8.42 Å². The zero-order valence-electron chi connectivity index (χ0n) is 11.6. The Labute approximate surface area is 128 Å². The first kappa shape index (κ1) is 15.1. The first-order valence-corrected chi connectivity index (χ1v) is 8.44. The van der Waals surface area contributed by atoms with Crippen molar-refractivity contribution in [3.63, 3.8) is 0 Å². The number of nitrogens with one attached hydrogen (secondary N) is 1. The van der Waals surface area contributed by atoms with Gasteiger partial charge in [-0.15, -0.1) is 0 Å². The smallest absolute Gasteiger partial charge is 0.263 e. The van der Waals surface area contributed by atoms with E-state index in [2.05, 4.69) is 20.7 Å². The number of benzene rings is 2. The molecule has 5 heteroatoms. The minimum Gasteiger partial charge on any atom is -0.279 e. The highest BCUT2D eigenvalue weighted by Gasteiger charge is 2.19. The lowest BCUT2D eigenvalue weighted by Crippen LogP contribution is -2.15. The molecule has 106 valence electrons. The van der Waals surface area contributed by atoms with Gasteiger partial charge in [-0.05, 0) is 65.5 Å². The van der Waals surface area contributed by atoms with Crippen LogP contribution >= 0.6 is 15.9 Å². The third-order valence-corrected chi connectivity index (χ3v) is 5.42. The number of rotatable bonds is 3. The maximum absolute atomic E-state index is 12.5. The van der Waals surface area contributed by atoms with Gasteiger partial charge in [-0.25, -0.2) is 8.42 Å². The molecule has 0 aliphatic carbocycles. The van der Waals surface area contributed by atoms with Gasteiger partial charge in [-0.1, -0.05) is 24.3 Å². The maximum Gasteiger partial charge on any atom is 0.263 e. The van der Waals surface area contributed by atoms with Gasteiger partial charge in [0.15, 0.2) is 0 Å². The second-order valence-electron chi connectivity index (χ2n) is 4.81. The Balaban J connectivity index is 2.46. The molecular formula is C15H16BrNO2S. The monoisotopic (exact) mass is 353 g/mol. The van der Waals surface area contributed by atoms with Gasteiger partial charge in [0.25, 0.3) is 10.0 Å². The average Bonchev–Trinajstić information content (AvgIpc) is 2.33. The van der Waals surface area contributed by atoms with Crippen LogP contribution < -0.4 is 4.72 Å². The Morgan fingerprint density at radius 2 is 1.60 bits per heavy atom. The number of aryl methyl sites for hydroxylation is 3. The van der Waals surface area contributed by atoms with Crippen LogP contribution in [0.2, 0.25) is 0 Å². The van der Waals surface area contributed by atoms with Crippen molar-refractivity contribution in [3.8, 4) is 0 Å². The largest absolute Gasteiger partial charge is 0.279 e. The molecule has 2 aromatic carbocycles. The summed E-state index contributed by atoms with van der Waals surface area (Å²) in [7, 11) is -3.60. The molecule has 0 aliphatic rings. The van der Waals surface area contributed by atoms with Crippen molar-refractivity contribution in [2.24, 2.45) is 0 Å². The summed E-state index contributed by atoms with van der Waals surface area (Å²) in [5.74, 6) is 0. The molecule has 0 aliphatic heterocycles. The van der Waals surface area contributed by atoms with Crippen molar-refractivity contribution in [1.82, 2.24) is 0 Å². The molecule has 2 aromatic rings. The van der Waals surface area contributed by atoms with Crippen LogP contribution in [0, 0.1) is 20.8 Å². The van der Waals surface area contributed by atoms with Crippen molar-refractivity contribution in [1.29, 1.82) is 0 Å². The molecular weight excluding hydrogens is 338 g/mol. The topological polar surface area (TPSA) is 46.2 Å². The quantitative estimate of drug-likeness (QED) is 0.899. The van der Waals surface area contributed by atoms with E-state index < -0.39 is 10.0 Å². The van der Waals surface area contributed by atoms with Crippen molar-refractivity contribution < 1.29 is 8.42 Å². The van der Waals surface area contributed by atoms with Crippen LogP contribution in [-0.4, -0.2) is 8.42 Å². The molecule has 0 saturated heterocycles. The summed E-state index contributed by atoms with van der Waals surface area (Å²) < 4.78 is 28.2. The molecule has 1 N–H and O–H groups in total. The summed E-state index contributed by atoms with van der Waals surface area (Å²) in [5.41, 5.74) is 3.44. The van der Waals surface area contributed by atoms with Crippen molar-refractivity contribution >= 4 is 31.6 Å². The fraction of sp³-hybridized carbons (Fsp3) is 0.200. The second kappa shape index (κ2) is 5.58. The molecule has 0 radical (unpaired) electrons. The first-order chi connectivity index (χ1) is 9.31. The maximum atomic E-state index is 12.5. The van der Waals surface area contributed by atoms with Crippen molar-refractivity contribution in [2.75, 3.05) is 4.72 Å². The molecule has 0 heterocycles. The van der Waals surface area contributed by atoms with Crippen LogP contribution in [0.1, 0.15) is 16.7 Å². The molecule has 2 rings (SSSR count). The zero-order chi connectivity index (χ0) is 14.9.